The number of benzene rings is 2. The molecule has 0 aliphatic carbocycles. The largest absolute Gasteiger partial charge is 0.508 e. The van der Waals surface area contributed by atoms with Gasteiger partial charge in [-0.3, -0.25) is 10.1 Å². The number of phenolic OH excluding ortho intramolecular Hbond substituents is 1. The summed E-state index contributed by atoms with van der Waals surface area (Å²) < 4.78 is 6.29. The van der Waals surface area contributed by atoms with E-state index in [1.54, 1.807) is 12.1 Å². The van der Waals surface area contributed by atoms with Gasteiger partial charge >= 0.3 is 0 Å². The first-order valence-corrected chi connectivity index (χ1v) is 8.61. The molecular weight excluding hydrogens is 316 g/mol. The molecule has 130 valence electrons. The Morgan fingerprint density at radius 3 is 2.48 bits per heavy atom. The first-order valence-electron chi connectivity index (χ1n) is 8.61. The zero-order chi connectivity index (χ0) is 17.6. The van der Waals surface area contributed by atoms with Crippen LogP contribution in [-0.4, -0.2) is 34.1 Å². The van der Waals surface area contributed by atoms with Crippen LogP contribution in [0, 0.1) is 0 Å². The van der Waals surface area contributed by atoms with Crippen molar-refractivity contribution < 1.29 is 14.6 Å². The molecule has 4 unspecified atom stereocenters. The molecule has 0 saturated carbocycles. The van der Waals surface area contributed by atoms with Crippen LogP contribution >= 0.6 is 0 Å². The molecule has 2 aromatic rings. The highest BCUT2D eigenvalue weighted by atomic mass is 16.5. The molecule has 2 aliphatic rings. The molecule has 2 aliphatic heterocycles. The number of nitrogens with one attached hydrogen (secondary N) is 1. The molecule has 2 bridgehead atoms. The van der Waals surface area contributed by atoms with E-state index in [1.165, 1.54) is 0 Å². The third-order valence-electron chi connectivity index (χ3n) is 5.31. The number of piperazine rings is 1. The van der Waals surface area contributed by atoms with Crippen LogP contribution in [0.3, 0.4) is 0 Å². The highest BCUT2D eigenvalue weighted by Gasteiger charge is 2.58. The number of nitrogens with zero attached hydrogens (tertiary/aromatic N) is 1. The van der Waals surface area contributed by atoms with Gasteiger partial charge in [0.2, 0.25) is 5.91 Å². The Bertz CT molecular complexity index is 777. The Morgan fingerprint density at radius 1 is 1.12 bits per heavy atom. The molecular formula is C20H22N2O3. The molecule has 4 atom stereocenters. The summed E-state index contributed by atoms with van der Waals surface area (Å²) in [5.41, 5.74) is 1.25. The van der Waals surface area contributed by atoms with E-state index in [9.17, 15) is 9.90 Å². The molecule has 1 amide bonds. The van der Waals surface area contributed by atoms with Gasteiger partial charge in [0.1, 0.15) is 11.8 Å². The molecule has 0 radical (unpaired) electrons. The summed E-state index contributed by atoms with van der Waals surface area (Å²) in [4.78, 5) is 14.9. The van der Waals surface area contributed by atoms with Crippen LogP contribution in [0.5, 0.6) is 5.75 Å². The monoisotopic (exact) mass is 338 g/mol. The minimum atomic E-state index is -0.763. The second-order valence-electron chi connectivity index (χ2n) is 6.86. The van der Waals surface area contributed by atoms with Crippen LogP contribution < -0.4 is 5.32 Å². The summed E-state index contributed by atoms with van der Waals surface area (Å²) in [7, 11) is 0. The van der Waals surface area contributed by atoms with Gasteiger partial charge in [-0.15, -0.1) is 0 Å². The SMILES string of the molecule is CC1OC2(c3ccc(O)cc3)NC1C(=O)N(Cc1ccccc1)C2C. The predicted octanol–water partition coefficient (Wildman–Crippen LogP) is 2.35. The third-order valence-corrected chi connectivity index (χ3v) is 5.31. The summed E-state index contributed by atoms with van der Waals surface area (Å²) in [6, 6.07) is 16.4. The van der Waals surface area contributed by atoms with Crippen LogP contribution in [0.1, 0.15) is 25.0 Å². The van der Waals surface area contributed by atoms with Gasteiger partial charge in [0.15, 0.2) is 5.72 Å². The van der Waals surface area contributed by atoms with Crippen LogP contribution in [0.2, 0.25) is 0 Å². The number of hydrogen-bond acceptors (Lipinski definition) is 4. The fraction of sp³-hybridized carbons (Fsp3) is 0.350. The number of fused-ring (bicyclic) bond motifs is 2. The third kappa shape index (κ3) is 2.51. The smallest absolute Gasteiger partial charge is 0.243 e. The molecule has 2 N–H and O–H groups in total. The molecule has 5 nitrogen and oxygen atoms in total. The lowest BCUT2D eigenvalue weighted by Gasteiger charge is -2.45. The first-order chi connectivity index (χ1) is 12.0. The van der Waals surface area contributed by atoms with Crippen LogP contribution in [-0.2, 0) is 21.8 Å². The Labute approximate surface area is 147 Å². The van der Waals surface area contributed by atoms with E-state index in [0.29, 0.717) is 6.54 Å². The van der Waals surface area contributed by atoms with E-state index < -0.39 is 5.72 Å². The van der Waals surface area contributed by atoms with E-state index in [0.717, 1.165) is 11.1 Å². The Kier molecular flexibility index (Phi) is 3.78. The predicted molar refractivity (Wildman–Crippen MR) is 93.7 cm³/mol. The van der Waals surface area contributed by atoms with Gasteiger partial charge < -0.3 is 14.7 Å². The van der Waals surface area contributed by atoms with Crippen molar-refractivity contribution in [2.24, 2.45) is 0 Å². The summed E-state index contributed by atoms with van der Waals surface area (Å²) in [5, 5.41) is 13.0. The summed E-state index contributed by atoms with van der Waals surface area (Å²) in [6.07, 6.45) is -0.218. The highest BCUT2D eigenvalue weighted by molar-refractivity contribution is 5.85. The van der Waals surface area contributed by atoms with E-state index in [-0.39, 0.29) is 29.8 Å². The highest BCUT2D eigenvalue weighted by Crippen LogP contribution is 2.42. The number of rotatable bonds is 3. The molecule has 25 heavy (non-hydrogen) atoms. The zero-order valence-electron chi connectivity index (χ0n) is 14.3. The van der Waals surface area contributed by atoms with Crippen LogP contribution in [0.4, 0.5) is 0 Å². The van der Waals surface area contributed by atoms with Crippen molar-refractivity contribution in [3.8, 4) is 5.75 Å². The molecule has 0 aromatic heterocycles. The minimum absolute atomic E-state index is 0.0655. The number of carbonyl (C=O) groups excluding carboxylic acids is 1. The van der Waals surface area contributed by atoms with Gasteiger partial charge in [-0.1, -0.05) is 42.5 Å². The summed E-state index contributed by atoms with van der Waals surface area (Å²) in [6.45, 7) is 4.49. The lowest BCUT2D eigenvalue weighted by Crippen LogP contribution is -2.65. The Morgan fingerprint density at radius 2 is 1.80 bits per heavy atom. The summed E-state index contributed by atoms with van der Waals surface area (Å²) >= 11 is 0. The number of phenols is 1. The molecule has 2 saturated heterocycles. The average Bonchev–Trinajstić information content (AvgIpc) is 2.95. The number of aromatic hydroxyl groups is 1. The van der Waals surface area contributed by atoms with Crippen molar-refractivity contribution >= 4 is 5.91 Å². The van der Waals surface area contributed by atoms with E-state index >= 15 is 0 Å². The maximum Gasteiger partial charge on any atom is 0.243 e. The second kappa shape index (κ2) is 5.86. The topological polar surface area (TPSA) is 61.8 Å². The maximum atomic E-state index is 13.0. The van der Waals surface area contributed by atoms with Gasteiger partial charge in [0.05, 0.1) is 12.1 Å². The normalized spacial score (nSPS) is 31.4. The number of carbonyl (C=O) groups is 1. The van der Waals surface area contributed by atoms with Crippen molar-refractivity contribution in [1.29, 1.82) is 0 Å². The zero-order valence-corrected chi connectivity index (χ0v) is 14.3. The Balaban J connectivity index is 1.73. The van der Waals surface area contributed by atoms with Crippen molar-refractivity contribution in [3.63, 3.8) is 0 Å². The van der Waals surface area contributed by atoms with E-state index in [4.69, 9.17) is 4.74 Å². The minimum Gasteiger partial charge on any atom is -0.508 e. The van der Waals surface area contributed by atoms with Crippen molar-refractivity contribution in [2.45, 2.75) is 44.3 Å². The second-order valence-corrected chi connectivity index (χ2v) is 6.86. The van der Waals surface area contributed by atoms with Crippen LogP contribution in [0.15, 0.2) is 54.6 Å². The quantitative estimate of drug-likeness (QED) is 0.902. The van der Waals surface area contributed by atoms with E-state index in [1.807, 2.05) is 61.2 Å². The van der Waals surface area contributed by atoms with Gasteiger partial charge in [-0.2, -0.15) is 0 Å². The van der Waals surface area contributed by atoms with Gasteiger partial charge in [0, 0.05) is 12.1 Å². The Hall–Kier alpha value is -2.37. The van der Waals surface area contributed by atoms with Gasteiger partial charge in [-0.25, -0.2) is 0 Å². The molecule has 2 aromatic carbocycles. The fourth-order valence-corrected chi connectivity index (χ4v) is 3.91. The van der Waals surface area contributed by atoms with Crippen molar-refractivity contribution in [3.05, 3.63) is 65.7 Å². The van der Waals surface area contributed by atoms with E-state index in [2.05, 4.69) is 5.32 Å². The number of hydrogen-bond donors (Lipinski definition) is 2. The lowest BCUT2D eigenvalue weighted by atomic mass is 9.91. The molecule has 2 fully saturated rings. The molecule has 0 spiro atoms. The van der Waals surface area contributed by atoms with Crippen LogP contribution in [0.25, 0.3) is 0 Å². The van der Waals surface area contributed by atoms with Gasteiger partial charge in [-0.05, 0) is 31.5 Å². The lowest BCUT2D eigenvalue weighted by molar-refractivity contribution is -0.149. The van der Waals surface area contributed by atoms with Crippen molar-refractivity contribution in [2.75, 3.05) is 0 Å². The number of ether oxygens (including phenoxy) is 1. The first kappa shape index (κ1) is 16.1. The molecule has 5 heteroatoms. The fourth-order valence-electron chi connectivity index (χ4n) is 3.91. The van der Waals surface area contributed by atoms with Gasteiger partial charge in [0.25, 0.3) is 0 Å². The summed E-state index contributed by atoms with van der Waals surface area (Å²) in [5.74, 6) is 0.277. The molecule has 4 rings (SSSR count). The maximum absolute atomic E-state index is 13.0. The standard InChI is InChI=1S/C20H22N2O3/c1-13-18-19(24)22(12-15-6-4-3-5-7-15)14(2)20(21-18,25-13)16-8-10-17(23)11-9-16/h3-11,13-14,18,21,23H,12H2,1-2H3. The van der Waals surface area contributed by atoms with Crippen molar-refractivity contribution in [1.82, 2.24) is 10.2 Å². The molecule has 2 heterocycles. The number of amides is 1. The average molecular weight is 338 g/mol.